The molecule has 0 aromatic carbocycles. The van der Waals surface area contributed by atoms with Gasteiger partial charge in [-0.25, -0.2) is 0 Å². The Balaban J connectivity index is 0. The van der Waals surface area contributed by atoms with E-state index in [0.29, 0.717) is 12.8 Å². The number of carboxylic acid groups (broad SMARTS) is 2. The number of rotatable bonds is 23. The molecular formula is C28H54O4. The monoisotopic (exact) mass is 454 g/mol. The van der Waals surface area contributed by atoms with E-state index in [1.54, 1.807) is 0 Å². The first-order valence-electron chi connectivity index (χ1n) is 13.6. The fourth-order valence-electron chi connectivity index (χ4n) is 3.58. The van der Waals surface area contributed by atoms with E-state index in [2.05, 4.69) is 26.0 Å². The van der Waals surface area contributed by atoms with Crippen LogP contribution in [0.4, 0.5) is 0 Å². The van der Waals surface area contributed by atoms with Gasteiger partial charge in [-0.2, -0.15) is 0 Å². The summed E-state index contributed by atoms with van der Waals surface area (Å²) in [5.41, 5.74) is 0. The highest BCUT2D eigenvalue weighted by Gasteiger charge is 1.96. The SMILES string of the molecule is CCCCCCCC/C=C\CCCCCCCC(=O)O.CCCCCCCCCC(=O)O. The molecule has 0 aliphatic carbocycles. The molecule has 2 N–H and O–H groups in total. The third kappa shape index (κ3) is 36.1. The van der Waals surface area contributed by atoms with Crippen molar-refractivity contribution in [2.24, 2.45) is 0 Å². The second-order valence-corrected chi connectivity index (χ2v) is 8.99. The topological polar surface area (TPSA) is 74.6 Å². The normalized spacial score (nSPS) is 10.8. The fourth-order valence-corrected chi connectivity index (χ4v) is 3.58. The Morgan fingerprint density at radius 3 is 1.06 bits per heavy atom. The van der Waals surface area contributed by atoms with Crippen molar-refractivity contribution in [3.63, 3.8) is 0 Å². The average molecular weight is 455 g/mol. The first kappa shape index (κ1) is 32.9. The van der Waals surface area contributed by atoms with Crippen molar-refractivity contribution < 1.29 is 19.8 Å². The Morgan fingerprint density at radius 1 is 0.469 bits per heavy atom. The first-order chi connectivity index (χ1) is 15.5. The van der Waals surface area contributed by atoms with Crippen LogP contribution in [-0.2, 0) is 9.59 Å². The minimum atomic E-state index is -0.664. The third-order valence-corrected chi connectivity index (χ3v) is 5.65. The van der Waals surface area contributed by atoms with E-state index in [1.807, 2.05) is 0 Å². The lowest BCUT2D eigenvalue weighted by atomic mass is 10.1. The zero-order valence-electron chi connectivity index (χ0n) is 21.4. The summed E-state index contributed by atoms with van der Waals surface area (Å²) in [6, 6.07) is 0. The van der Waals surface area contributed by atoms with Gasteiger partial charge in [-0.05, 0) is 38.5 Å². The summed E-state index contributed by atoms with van der Waals surface area (Å²) in [7, 11) is 0. The average Bonchev–Trinajstić information content (AvgIpc) is 2.76. The van der Waals surface area contributed by atoms with E-state index in [0.717, 1.165) is 25.7 Å². The van der Waals surface area contributed by atoms with Crippen LogP contribution >= 0.6 is 0 Å². The summed E-state index contributed by atoms with van der Waals surface area (Å²) in [5.74, 6) is -1.33. The van der Waals surface area contributed by atoms with Crippen molar-refractivity contribution in [3.8, 4) is 0 Å². The quantitative estimate of drug-likeness (QED) is 0.119. The van der Waals surface area contributed by atoms with Crippen molar-refractivity contribution in [1.29, 1.82) is 0 Å². The lowest BCUT2D eigenvalue weighted by Gasteiger charge is -1.99. The Morgan fingerprint density at radius 2 is 0.750 bits per heavy atom. The Labute approximate surface area is 199 Å². The molecule has 0 amide bonds. The van der Waals surface area contributed by atoms with Crippen LogP contribution in [0.2, 0.25) is 0 Å². The molecular weight excluding hydrogens is 400 g/mol. The van der Waals surface area contributed by atoms with Crippen molar-refractivity contribution in [3.05, 3.63) is 12.2 Å². The van der Waals surface area contributed by atoms with Gasteiger partial charge in [0.1, 0.15) is 0 Å². The van der Waals surface area contributed by atoms with Gasteiger partial charge in [0.15, 0.2) is 0 Å². The van der Waals surface area contributed by atoms with E-state index in [9.17, 15) is 9.59 Å². The van der Waals surface area contributed by atoms with E-state index in [4.69, 9.17) is 10.2 Å². The molecule has 0 radical (unpaired) electrons. The summed E-state index contributed by atoms with van der Waals surface area (Å²) >= 11 is 0. The number of carbonyl (C=O) groups is 2. The van der Waals surface area contributed by atoms with Gasteiger partial charge < -0.3 is 10.2 Å². The summed E-state index contributed by atoms with van der Waals surface area (Å²) in [5, 5.41) is 16.9. The molecule has 0 atom stereocenters. The molecule has 32 heavy (non-hydrogen) atoms. The third-order valence-electron chi connectivity index (χ3n) is 5.65. The highest BCUT2D eigenvalue weighted by molar-refractivity contribution is 5.66. The first-order valence-corrected chi connectivity index (χ1v) is 13.6. The number of unbranched alkanes of at least 4 members (excludes halogenated alkanes) is 17. The Kier molecular flexibility index (Phi) is 30.5. The number of hydrogen-bond donors (Lipinski definition) is 2. The molecule has 4 nitrogen and oxygen atoms in total. The van der Waals surface area contributed by atoms with Crippen LogP contribution in [0.1, 0.15) is 155 Å². The van der Waals surface area contributed by atoms with Crippen LogP contribution in [0, 0.1) is 0 Å². The molecule has 0 aliphatic rings. The maximum absolute atomic E-state index is 10.3. The molecule has 0 saturated heterocycles. The Bertz CT molecular complexity index is 418. The predicted molar refractivity (Wildman–Crippen MR) is 137 cm³/mol. The predicted octanol–water partition coefficient (Wildman–Crippen LogP) is 9.32. The van der Waals surface area contributed by atoms with E-state index < -0.39 is 11.9 Å². The highest BCUT2D eigenvalue weighted by atomic mass is 16.4. The molecule has 190 valence electrons. The number of allylic oxidation sites excluding steroid dienone is 2. The largest absolute Gasteiger partial charge is 0.481 e. The lowest BCUT2D eigenvalue weighted by Crippen LogP contribution is -1.93. The van der Waals surface area contributed by atoms with E-state index >= 15 is 0 Å². The molecule has 0 unspecified atom stereocenters. The molecule has 0 aromatic rings. The van der Waals surface area contributed by atoms with Crippen LogP contribution in [0.5, 0.6) is 0 Å². The van der Waals surface area contributed by atoms with Gasteiger partial charge in [0.2, 0.25) is 0 Å². The number of hydrogen-bond acceptors (Lipinski definition) is 2. The summed E-state index contributed by atoms with van der Waals surface area (Å²) in [6.07, 6.45) is 29.9. The zero-order valence-corrected chi connectivity index (χ0v) is 21.4. The molecule has 0 aliphatic heterocycles. The molecule has 0 rings (SSSR count). The molecule has 0 bridgehead atoms. The summed E-state index contributed by atoms with van der Waals surface area (Å²) < 4.78 is 0. The summed E-state index contributed by atoms with van der Waals surface area (Å²) in [6.45, 7) is 4.46. The van der Waals surface area contributed by atoms with Gasteiger partial charge in [0, 0.05) is 12.8 Å². The number of carboxylic acids is 2. The maximum Gasteiger partial charge on any atom is 0.303 e. The zero-order chi connectivity index (χ0) is 24.1. The van der Waals surface area contributed by atoms with Gasteiger partial charge in [0.05, 0.1) is 0 Å². The molecule has 4 heteroatoms. The smallest absolute Gasteiger partial charge is 0.303 e. The highest BCUT2D eigenvalue weighted by Crippen LogP contribution is 2.10. The fraction of sp³-hybridized carbons (Fsp3) is 0.857. The summed E-state index contributed by atoms with van der Waals surface area (Å²) in [4.78, 5) is 20.5. The van der Waals surface area contributed by atoms with Crippen molar-refractivity contribution >= 4 is 11.9 Å². The molecule has 0 fully saturated rings. The van der Waals surface area contributed by atoms with Crippen molar-refractivity contribution in [2.45, 2.75) is 155 Å². The van der Waals surface area contributed by atoms with E-state index in [-0.39, 0.29) is 0 Å². The Hall–Kier alpha value is -1.32. The second-order valence-electron chi connectivity index (χ2n) is 8.99. The van der Waals surface area contributed by atoms with Gasteiger partial charge in [-0.1, -0.05) is 116 Å². The van der Waals surface area contributed by atoms with Crippen LogP contribution in [0.3, 0.4) is 0 Å². The van der Waals surface area contributed by atoms with E-state index in [1.165, 1.54) is 103 Å². The second kappa shape index (κ2) is 29.7. The van der Waals surface area contributed by atoms with Crippen LogP contribution in [0.25, 0.3) is 0 Å². The minimum absolute atomic E-state index is 0.332. The van der Waals surface area contributed by atoms with Gasteiger partial charge in [-0.15, -0.1) is 0 Å². The van der Waals surface area contributed by atoms with Gasteiger partial charge in [-0.3, -0.25) is 9.59 Å². The molecule has 0 saturated carbocycles. The van der Waals surface area contributed by atoms with Crippen LogP contribution in [-0.4, -0.2) is 22.2 Å². The van der Waals surface area contributed by atoms with Crippen LogP contribution < -0.4 is 0 Å². The minimum Gasteiger partial charge on any atom is -0.481 e. The van der Waals surface area contributed by atoms with Gasteiger partial charge in [0.25, 0.3) is 0 Å². The van der Waals surface area contributed by atoms with Gasteiger partial charge >= 0.3 is 11.9 Å². The lowest BCUT2D eigenvalue weighted by molar-refractivity contribution is -0.138. The number of aliphatic carboxylic acids is 2. The molecule has 0 heterocycles. The molecule has 0 spiro atoms. The van der Waals surface area contributed by atoms with Crippen molar-refractivity contribution in [1.82, 2.24) is 0 Å². The molecule has 0 aromatic heterocycles. The van der Waals surface area contributed by atoms with Crippen molar-refractivity contribution in [2.75, 3.05) is 0 Å². The standard InChI is InChI=1S/C18H34O2.C10H20O2/c1-2-3-4-5-6-7-8-9-10-11-12-13-14-15-16-17-18(19)20;1-2-3-4-5-6-7-8-9-10(11)12/h9-10H,2-8,11-17H2,1H3,(H,19,20);2-9H2,1H3,(H,11,12)/b10-9-;. The van der Waals surface area contributed by atoms with Crippen LogP contribution in [0.15, 0.2) is 12.2 Å². The maximum atomic E-state index is 10.3.